The van der Waals surface area contributed by atoms with E-state index >= 15 is 0 Å². The van der Waals surface area contributed by atoms with Crippen molar-refractivity contribution in [3.63, 3.8) is 0 Å². The molecule has 1 amide bonds. The fourth-order valence-corrected chi connectivity index (χ4v) is 2.77. The lowest BCUT2D eigenvalue weighted by atomic mass is 9.97. The zero-order valence-corrected chi connectivity index (χ0v) is 12.3. The van der Waals surface area contributed by atoms with E-state index in [1.165, 1.54) is 12.1 Å². The molecule has 1 fully saturated rings. The Morgan fingerprint density at radius 2 is 2.05 bits per heavy atom. The van der Waals surface area contributed by atoms with Gasteiger partial charge in [0.15, 0.2) is 0 Å². The Labute approximate surface area is 120 Å². The molecule has 2 rings (SSSR count). The second kappa shape index (κ2) is 6.84. The van der Waals surface area contributed by atoms with Gasteiger partial charge in [-0.25, -0.2) is 4.39 Å². The third-order valence-corrected chi connectivity index (χ3v) is 3.90. The molecule has 110 valence electrons. The highest BCUT2D eigenvalue weighted by molar-refractivity contribution is 5.94. The Balaban J connectivity index is 2.07. The molecule has 1 saturated heterocycles. The molecule has 1 aliphatic heterocycles. The molecule has 0 unspecified atom stereocenters. The molecule has 0 spiro atoms. The van der Waals surface area contributed by atoms with Gasteiger partial charge in [-0.1, -0.05) is 0 Å². The second-order valence-corrected chi connectivity index (χ2v) is 5.55. The third kappa shape index (κ3) is 3.79. The summed E-state index contributed by atoms with van der Waals surface area (Å²) < 4.78 is 13.4. The summed E-state index contributed by atoms with van der Waals surface area (Å²) in [5.41, 5.74) is 1.24. The molecular weight excluding hydrogens is 255 g/mol. The predicted molar refractivity (Wildman–Crippen MR) is 78.3 cm³/mol. The number of halogens is 1. The summed E-state index contributed by atoms with van der Waals surface area (Å²) in [6.07, 6.45) is 2.21. The summed E-state index contributed by atoms with van der Waals surface area (Å²) in [6, 6.07) is 4.54. The molecule has 1 N–H and O–H groups in total. The van der Waals surface area contributed by atoms with E-state index in [1.807, 2.05) is 18.7 Å². The van der Waals surface area contributed by atoms with Gasteiger partial charge in [-0.05, 0) is 69.5 Å². The molecule has 20 heavy (non-hydrogen) atoms. The van der Waals surface area contributed by atoms with E-state index < -0.39 is 0 Å². The zero-order valence-electron chi connectivity index (χ0n) is 12.3. The van der Waals surface area contributed by atoms with Crippen molar-refractivity contribution in [2.24, 2.45) is 5.92 Å². The van der Waals surface area contributed by atoms with Gasteiger partial charge in [0.05, 0.1) is 0 Å². The number of piperidine rings is 1. The van der Waals surface area contributed by atoms with E-state index in [2.05, 4.69) is 5.32 Å². The van der Waals surface area contributed by atoms with Crippen LogP contribution in [0, 0.1) is 18.7 Å². The number of rotatable bonds is 4. The third-order valence-electron chi connectivity index (χ3n) is 3.90. The first kappa shape index (κ1) is 15.0. The minimum absolute atomic E-state index is 0.0615. The SMILES string of the molecule is CCN(CC1CCNCC1)C(=O)c1cc(C)cc(F)c1. The number of carbonyl (C=O) groups is 1. The highest BCUT2D eigenvalue weighted by Gasteiger charge is 2.21. The van der Waals surface area contributed by atoms with Gasteiger partial charge in [-0.15, -0.1) is 0 Å². The van der Waals surface area contributed by atoms with Gasteiger partial charge in [-0.2, -0.15) is 0 Å². The van der Waals surface area contributed by atoms with Crippen molar-refractivity contribution in [1.29, 1.82) is 0 Å². The lowest BCUT2D eigenvalue weighted by molar-refractivity contribution is 0.0726. The molecule has 1 aromatic carbocycles. The maximum Gasteiger partial charge on any atom is 0.253 e. The van der Waals surface area contributed by atoms with E-state index in [9.17, 15) is 9.18 Å². The minimum Gasteiger partial charge on any atom is -0.339 e. The monoisotopic (exact) mass is 278 g/mol. The van der Waals surface area contributed by atoms with Crippen molar-refractivity contribution in [3.8, 4) is 0 Å². The van der Waals surface area contributed by atoms with Crippen LogP contribution in [0.1, 0.15) is 35.7 Å². The van der Waals surface area contributed by atoms with Crippen molar-refractivity contribution >= 4 is 5.91 Å². The fourth-order valence-electron chi connectivity index (χ4n) is 2.77. The average Bonchev–Trinajstić information content (AvgIpc) is 2.44. The summed E-state index contributed by atoms with van der Waals surface area (Å²) in [5.74, 6) is 0.148. The van der Waals surface area contributed by atoms with Crippen molar-refractivity contribution in [3.05, 3.63) is 35.1 Å². The van der Waals surface area contributed by atoms with Crippen LogP contribution < -0.4 is 5.32 Å². The van der Waals surface area contributed by atoms with Gasteiger partial charge >= 0.3 is 0 Å². The van der Waals surface area contributed by atoms with Crippen molar-refractivity contribution in [2.45, 2.75) is 26.7 Å². The summed E-state index contributed by atoms with van der Waals surface area (Å²) in [5, 5.41) is 3.33. The normalized spacial score (nSPS) is 16.1. The summed E-state index contributed by atoms with van der Waals surface area (Å²) >= 11 is 0. The molecule has 1 heterocycles. The van der Waals surface area contributed by atoms with Crippen molar-refractivity contribution in [1.82, 2.24) is 10.2 Å². The Morgan fingerprint density at radius 3 is 2.65 bits per heavy atom. The van der Waals surface area contributed by atoms with E-state index in [-0.39, 0.29) is 11.7 Å². The fraction of sp³-hybridized carbons (Fsp3) is 0.562. The maximum absolute atomic E-state index is 13.4. The molecule has 0 saturated carbocycles. The average molecular weight is 278 g/mol. The van der Waals surface area contributed by atoms with Crippen LogP contribution in [0.2, 0.25) is 0 Å². The number of carbonyl (C=O) groups excluding carboxylic acids is 1. The van der Waals surface area contributed by atoms with Crippen LogP contribution in [0.15, 0.2) is 18.2 Å². The number of hydrogen-bond acceptors (Lipinski definition) is 2. The van der Waals surface area contributed by atoms with Gasteiger partial charge in [0.2, 0.25) is 0 Å². The first-order chi connectivity index (χ1) is 9.60. The zero-order chi connectivity index (χ0) is 14.5. The number of aryl methyl sites for hydroxylation is 1. The second-order valence-electron chi connectivity index (χ2n) is 5.55. The number of nitrogens with zero attached hydrogens (tertiary/aromatic N) is 1. The number of amides is 1. The molecule has 0 atom stereocenters. The van der Waals surface area contributed by atoms with Gasteiger partial charge < -0.3 is 10.2 Å². The van der Waals surface area contributed by atoms with Gasteiger partial charge in [0, 0.05) is 18.7 Å². The predicted octanol–water partition coefficient (Wildman–Crippen LogP) is 2.60. The molecule has 1 aliphatic rings. The van der Waals surface area contributed by atoms with Crippen LogP contribution >= 0.6 is 0 Å². The lowest BCUT2D eigenvalue weighted by Gasteiger charge is -2.29. The Kier molecular flexibility index (Phi) is 5.12. The number of hydrogen-bond donors (Lipinski definition) is 1. The van der Waals surface area contributed by atoms with Crippen molar-refractivity contribution < 1.29 is 9.18 Å². The van der Waals surface area contributed by atoms with Crippen LogP contribution in [-0.2, 0) is 0 Å². The molecule has 0 radical (unpaired) electrons. The quantitative estimate of drug-likeness (QED) is 0.918. The van der Waals surface area contributed by atoms with E-state index in [1.54, 1.807) is 6.07 Å². The van der Waals surface area contributed by atoms with Crippen LogP contribution in [-0.4, -0.2) is 37.0 Å². The Bertz CT molecular complexity index is 449. The van der Waals surface area contributed by atoms with Crippen LogP contribution in [0.4, 0.5) is 4.39 Å². The highest BCUT2D eigenvalue weighted by atomic mass is 19.1. The molecule has 0 aromatic heterocycles. The summed E-state index contributed by atoms with van der Waals surface area (Å²) in [4.78, 5) is 14.3. The van der Waals surface area contributed by atoms with Gasteiger partial charge in [-0.3, -0.25) is 4.79 Å². The van der Waals surface area contributed by atoms with Crippen LogP contribution in [0.25, 0.3) is 0 Å². The van der Waals surface area contributed by atoms with E-state index in [4.69, 9.17) is 0 Å². The largest absolute Gasteiger partial charge is 0.339 e. The van der Waals surface area contributed by atoms with Crippen LogP contribution in [0.3, 0.4) is 0 Å². The first-order valence-corrected chi connectivity index (χ1v) is 7.37. The van der Waals surface area contributed by atoms with E-state index in [0.717, 1.165) is 38.0 Å². The Morgan fingerprint density at radius 1 is 1.35 bits per heavy atom. The molecular formula is C16H23FN2O. The molecule has 0 aliphatic carbocycles. The minimum atomic E-state index is -0.341. The smallest absolute Gasteiger partial charge is 0.253 e. The molecule has 1 aromatic rings. The lowest BCUT2D eigenvalue weighted by Crippen LogP contribution is -2.39. The van der Waals surface area contributed by atoms with Crippen LogP contribution in [0.5, 0.6) is 0 Å². The molecule has 0 bridgehead atoms. The molecule has 3 nitrogen and oxygen atoms in total. The number of benzene rings is 1. The highest BCUT2D eigenvalue weighted by Crippen LogP contribution is 2.16. The van der Waals surface area contributed by atoms with Gasteiger partial charge in [0.25, 0.3) is 5.91 Å². The maximum atomic E-state index is 13.4. The van der Waals surface area contributed by atoms with Gasteiger partial charge in [0.1, 0.15) is 5.82 Å². The topological polar surface area (TPSA) is 32.3 Å². The summed E-state index contributed by atoms with van der Waals surface area (Å²) in [6.45, 7) is 7.27. The first-order valence-electron chi connectivity index (χ1n) is 7.37. The standard InChI is InChI=1S/C16H23FN2O/c1-3-19(11-13-4-6-18-7-5-13)16(20)14-8-12(2)9-15(17)10-14/h8-10,13,18H,3-7,11H2,1-2H3. The van der Waals surface area contributed by atoms with Crippen molar-refractivity contribution in [2.75, 3.05) is 26.2 Å². The summed E-state index contributed by atoms with van der Waals surface area (Å²) in [7, 11) is 0. The van der Waals surface area contributed by atoms with E-state index in [0.29, 0.717) is 18.0 Å². The molecule has 4 heteroatoms. The number of nitrogens with one attached hydrogen (secondary N) is 1. The Hall–Kier alpha value is -1.42.